The Balaban J connectivity index is 2.75. The summed E-state index contributed by atoms with van der Waals surface area (Å²) in [6.07, 6.45) is 7.80. The maximum Gasteiger partial charge on any atom is 0.0786 e. The summed E-state index contributed by atoms with van der Waals surface area (Å²) in [5, 5.41) is 3.54. The minimum Gasteiger partial charge on any atom is -0.297 e. The maximum absolute atomic E-state index is 3.82. The zero-order valence-electron chi connectivity index (χ0n) is 8.84. The highest BCUT2D eigenvalue weighted by atomic mass is 15.4. The maximum atomic E-state index is 3.82. The van der Waals surface area contributed by atoms with Gasteiger partial charge in [-0.15, -0.1) is 19.7 Å². The van der Waals surface area contributed by atoms with E-state index in [9.17, 15) is 0 Å². The lowest BCUT2D eigenvalue weighted by molar-refractivity contribution is 0.138. The van der Waals surface area contributed by atoms with Gasteiger partial charge in [-0.3, -0.25) is 10.2 Å². The van der Waals surface area contributed by atoms with E-state index >= 15 is 0 Å². The van der Waals surface area contributed by atoms with Gasteiger partial charge in [0.2, 0.25) is 0 Å². The van der Waals surface area contributed by atoms with E-state index in [-0.39, 0.29) is 5.66 Å². The van der Waals surface area contributed by atoms with Gasteiger partial charge in [0, 0.05) is 19.6 Å². The SMILES string of the molecule is C=CCN1CCNC1(CC=C)CC=C. The summed E-state index contributed by atoms with van der Waals surface area (Å²) in [5.74, 6) is 0. The summed E-state index contributed by atoms with van der Waals surface area (Å²) in [6, 6.07) is 0. The Hall–Kier alpha value is -0.860. The third kappa shape index (κ3) is 2.14. The molecule has 1 aliphatic heterocycles. The summed E-state index contributed by atoms with van der Waals surface area (Å²) < 4.78 is 0. The number of hydrogen-bond acceptors (Lipinski definition) is 2. The van der Waals surface area contributed by atoms with Crippen molar-refractivity contribution in [2.75, 3.05) is 19.6 Å². The first kappa shape index (κ1) is 11.2. The first-order chi connectivity index (χ1) is 6.79. The van der Waals surface area contributed by atoms with E-state index in [1.807, 2.05) is 18.2 Å². The van der Waals surface area contributed by atoms with E-state index in [1.54, 1.807) is 0 Å². The van der Waals surface area contributed by atoms with Crippen LogP contribution in [0.15, 0.2) is 38.0 Å². The number of rotatable bonds is 6. The highest BCUT2D eigenvalue weighted by molar-refractivity contribution is 5.03. The summed E-state index contributed by atoms with van der Waals surface area (Å²) in [4.78, 5) is 2.41. The topological polar surface area (TPSA) is 15.3 Å². The molecule has 1 rings (SSSR count). The molecule has 0 aromatic heterocycles. The van der Waals surface area contributed by atoms with Gasteiger partial charge in [-0.2, -0.15) is 0 Å². The lowest BCUT2D eigenvalue weighted by Gasteiger charge is -2.36. The molecule has 1 saturated heterocycles. The van der Waals surface area contributed by atoms with E-state index in [4.69, 9.17) is 0 Å². The largest absolute Gasteiger partial charge is 0.297 e. The molecule has 1 fully saturated rings. The third-order valence-corrected chi connectivity index (χ3v) is 2.75. The van der Waals surface area contributed by atoms with Crippen LogP contribution in [-0.2, 0) is 0 Å². The van der Waals surface area contributed by atoms with Crippen molar-refractivity contribution in [3.63, 3.8) is 0 Å². The van der Waals surface area contributed by atoms with Crippen LogP contribution >= 0.6 is 0 Å². The Morgan fingerprint density at radius 2 is 1.79 bits per heavy atom. The van der Waals surface area contributed by atoms with Crippen LogP contribution in [0.4, 0.5) is 0 Å². The van der Waals surface area contributed by atoms with E-state index in [1.165, 1.54) is 0 Å². The van der Waals surface area contributed by atoms with E-state index in [2.05, 4.69) is 30.0 Å². The first-order valence-electron chi connectivity index (χ1n) is 5.12. The quantitative estimate of drug-likeness (QED) is 0.647. The summed E-state index contributed by atoms with van der Waals surface area (Å²) in [6.45, 7) is 14.5. The smallest absolute Gasteiger partial charge is 0.0786 e. The Morgan fingerprint density at radius 3 is 2.29 bits per heavy atom. The van der Waals surface area contributed by atoms with Crippen molar-refractivity contribution in [1.82, 2.24) is 10.2 Å². The number of nitrogens with zero attached hydrogens (tertiary/aromatic N) is 1. The summed E-state index contributed by atoms with van der Waals surface area (Å²) >= 11 is 0. The predicted octanol–water partition coefficient (Wildman–Crippen LogP) is 1.93. The van der Waals surface area contributed by atoms with Crippen molar-refractivity contribution in [2.45, 2.75) is 18.5 Å². The van der Waals surface area contributed by atoms with Crippen LogP contribution in [0, 0.1) is 0 Å². The Labute approximate surface area is 87.0 Å². The molecule has 0 spiro atoms. The molecule has 0 bridgehead atoms. The molecule has 2 heteroatoms. The van der Waals surface area contributed by atoms with E-state index < -0.39 is 0 Å². The molecular weight excluding hydrogens is 172 g/mol. The standard InChI is InChI=1S/C12H20N2/c1-4-7-12(8-5-2)13-9-11-14(12)10-6-3/h4-6,13H,1-3,7-11H2. The van der Waals surface area contributed by atoms with Gasteiger partial charge in [0.05, 0.1) is 5.66 Å². The molecule has 78 valence electrons. The molecular formula is C12H20N2. The van der Waals surface area contributed by atoms with Gasteiger partial charge in [0.1, 0.15) is 0 Å². The second-order valence-corrected chi connectivity index (χ2v) is 3.68. The fourth-order valence-electron chi connectivity index (χ4n) is 2.13. The Kier molecular flexibility index (Phi) is 4.11. The molecule has 14 heavy (non-hydrogen) atoms. The van der Waals surface area contributed by atoms with Crippen LogP contribution in [-0.4, -0.2) is 30.2 Å². The van der Waals surface area contributed by atoms with Gasteiger partial charge in [-0.05, 0) is 12.8 Å². The molecule has 0 aliphatic carbocycles. The molecule has 2 nitrogen and oxygen atoms in total. The average molecular weight is 192 g/mol. The minimum absolute atomic E-state index is 0.0394. The fourth-order valence-corrected chi connectivity index (χ4v) is 2.13. The van der Waals surface area contributed by atoms with Gasteiger partial charge in [-0.25, -0.2) is 0 Å². The highest BCUT2D eigenvalue weighted by Gasteiger charge is 2.37. The monoisotopic (exact) mass is 192 g/mol. The van der Waals surface area contributed by atoms with Crippen molar-refractivity contribution < 1.29 is 0 Å². The number of hydrogen-bond donors (Lipinski definition) is 1. The van der Waals surface area contributed by atoms with Crippen LogP contribution in [0.3, 0.4) is 0 Å². The van der Waals surface area contributed by atoms with Gasteiger partial charge in [0.25, 0.3) is 0 Å². The zero-order valence-corrected chi connectivity index (χ0v) is 8.84. The minimum atomic E-state index is 0.0394. The van der Waals surface area contributed by atoms with Crippen molar-refractivity contribution in [2.24, 2.45) is 0 Å². The van der Waals surface area contributed by atoms with Gasteiger partial charge in [-0.1, -0.05) is 18.2 Å². The fraction of sp³-hybridized carbons (Fsp3) is 0.500. The predicted molar refractivity (Wildman–Crippen MR) is 62.1 cm³/mol. The van der Waals surface area contributed by atoms with Crippen molar-refractivity contribution in [1.29, 1.82) is 0 Å². The molecule has 0 saturated carbocycles. The van der Waals surface area contributed by atoms with E-state index in [0.717, 1.165) is 32.5 Å². The lowest BCUT2D eigenvalue weighted by Crippen LogP contribution is -2.50. The normalized spacial score (nSPS) is 20.6. The van der Waals surface area contributed by atoms with Crippen LogP contribution in [0.1, 0.15) is 12.8 Å². The summed E-state index contributed by atoms with van der Waals surface area (Å²) in [7, 11) is 0. The molecule has 0 unspecified atom stereocenters. The van der Waals surface area contributed by atoms with Crippen LogP contribution in [0.25, 0.3) is 0 Å². The Morgan fingerprint density at radius 1 is 1.14 bits per heavy atom. The zero-order chi connectivity index (χ0) is 10.4. The van der Waals surface area contributed by atoms with E-state index in [0.29, 0.717) is 0 Å². The molecule has 0 radical (unpaired) electrons. The molecule has 1 N–H and O–H groups in total. The van der Waals surface area contributed by atoms with Crippen molar-refractivity contribution in [3.05, 3.63) is 38.0 Å². The van der Waals surface area contributed by atoms with Gasteiger partial charge >= 0.3 is 0 Å². The Bertz CT molecular complexity index is 210. The van der Waals surface area contributed by atoms with Gasteiger partial charge in [0.15, 0.2) is 0 Å². The van der Waals surface area contributed by atoms with Crippen molar-refractivity contribution in [3.8, 4) is 0 Å². The molecule has 0 aromatic rings. The van der Waals surface area contributed by atoms with Crippen LogP contribution in [0.5, 0.6) is 0 Å². The molecule has 0 atom stereocenters. The van der Waals surface area contributed by atoms with Crippen LogP contribution < -0.4 is 5.32 Å². The summed E-state index contributed by atoms with van der Waals surface area (Å²) in [5.41, 5.74) is 0.0394. The first-order valence-corrected chi connectivity index (χ1v) is 5.12. The van der Waals surface area contributed by atoms with Gasteiger partial charge < -0.3 is 0 Å². The third-order valence-electron chi connectivity index (χ3n) is 2.75. The second-order valence-electron chi connectivity index (χ2n) is 3.68. The molecule has 0 aromatic carbocycles. The molecule has 1 aliphatic rings. The molecule has 1 heterocycles. The lowest BCUT2D eigenvalue weighted by atomic mass is 10.0. The van der Waals surface area contributed by atoms with Crippen molar-refractivity contribution >= 4 is 0 Å². The number of nitrogens with one attached hydrogen (secondary N) is 1. The average Bonchev–Trinajstić information content (AvgIpc) is 2.51. The second kappa shape index (κ2) is 5.13. The molecule has 0 amide bonds. The highest BCUT2D eigenvalue weighted by Crippen LogP contribution is 2.25. The van der Waals surface area contributed by atoms with Crippen LogP contribution in [0.2, 0.25) is 0 Å².